The van der Waals surface area contributed by atoms with Gasteiger partial charge in [-0.25, -0.2) is 4.98 Å². The lowest BCUT2D eigenvalue weighted by molar-refractivity contribution is 0.973. The molecule has 0 spiro atoms. The van der Waals surface area contributed by atoms with E-state index in [1.165, 1.54) is 0 Å². The van der Waals surface area contributed by atoms with Crippen molar-refractivity contribution in [1.29, 1.82) is 0 Å². The average Bonchev–Trinajstić information content (AvgIpc) is 2.56. The maximum absolute atomic E-state index is 6.10. The van der Waals surface area contributed by atoms with Crippen LogP contribution >= 0.6 is 11.6 Å². The molecule has 110 valence electrons. The van der Waals surface area contributed by atoms with Gasteiger partial charge in [0, 0.05) is 22.7 Å². The maximum atomic E-state index is 6.10. The molecule has 0 saturated heterocycles. The summed E-state index contributed by atoms with van der Waals surface area (Å²) in [4.78, 5) is 4.68. The van der Waals surface area contributed by atoms with E-state index in [4.69, 9.17) is 11.6 Å². The van der Waals surface area contributed by atoms with Crippen molar-refractivity contribution in [2.75, 3.05) is 11.9 Å². The SMILES string of the molecule is CCNc1nnc(-c2ccccc2)nc1-c1cccc(Cl)c1. The Morgan fingerprint density at radius 1 is 0.955 bits per heavy atom. The van der Waals surface area contributed by atoms with Crippen molar-refractivity contribution in [3.8, 4) is 22.6 Å². The average molecular weight is 311 g/mol. The van der Waals surface area contributed by atoms with E-state index in [1.54, 1.807) is 0 Å². The number of nitrogens with one attached hydrogen (secondary N) is 1. The van der Waals surface area contributed by atoms with Crippen LogP contribution in [0.2, 0.25) is 5.02 Å². The minimum absolute atomic E-state index is 0.595. The highest BCUT2D eigenvalue weighted by Crippen LogP contribution is 2.27. The molecular formula is C17H15ClN4. The van der Waals surface area contributed by atoms with Gasteiger partial charge in [-0.1, -0.05) is 54.1 Å². The Morgan fingerprint density at radius 3 is 2.45 bits per heavy atom. The zero-order valence-electron chi connectivity index (χ0n) is 12.1. The summed E-state index contributed by atoms with van der Waals surface area (Å²) in [5, 5.41) is 12.4. The predicted molar refractivity (Wildman–Crippen MR) is 89.9 cm³/mol. The Kier molecular flexibility index (Phi) is 4.30. The summed E-state index contributed by atoms with van der Waals surface area (Å²) in [5.74, 6) is 1.25. The molecule has 0 atom stereocenters. The van der Waals surface area contributed by atoms with E-state index in [0.29, 0.717) is 16.7 Å². The number of nitrogens with zero attached hydrogens (tertiary/aromatic N) is 3. The van der Waals surface area contributed by atoms with Crippen LogP contribution < -0.4 is 5.32 Å². The number of benzene rings is 2. The molecule has 3 aromatic rings. The smallest absolute Gasteiger partial charge is 0.182 e. The quantitative estimate of drug-likeness (QED) is 0.781. The fourth-order valence-electron chi connectivity index (χ4n) is 2.16. The molecule has 1 heterocycles. The monoisotopic (exact) mass is 310 g/mol. The molecule has 3 rings (SSSR count). The Hall–Kier alpha value is -2.46. The molecule has 0 amide bonds. The van der Waals surface area contributed by atoms with Crippen LogP contribution in [0.4, 0.5) is 5.82 Å². The van der Waals surface area contributed by atoms with Crippen molar-refractivity contribution in [2.45, 2.75) is 6.92 Å². The number of hydrogen-bond donors (Lipinski definition) is 1. The summed E-state index contributed by atoms with van der Waals surface area (Å²) < 4.78 is 0. The number of hydrogen-bond acceptors (Lipinski definition) is 4. The van der Waals surface area contributed by atoms with Gasteiger partial charge in [0.05, 0.1) is 0 Å². The van der Waals surface area contributed by atoms with Gasteiger partial charge in [-0.2, -0.15) is 0 Å². The summed E-state index contributed by atoms with van der Waals surface area (Å²) in [6.07, 6.45) is 0. The first-order valence-electron chi connectivity index (χ1n) is 7.08. The van der Waals surface area contributed by atoms with Gasteiger partial charge in [-0.05, 0) is 19.1 Å². The zero-order valence-corrected chi connectivity index (χ0v) is 12.9. The van der Waals surface area contributed by atoms with Crippen LogP contribution in [-0.2, 0) is 0 Å². The topological polar surface area (TPSA) is 50.7 Å². The van der Waals surface area contributed by atoms with Crippen LogP contribution in [0.15, 0.2) is 54.6 Å². The number of rotatable bonds is 4. The van der Waals surface area contributed by atoms with Crippen molar-refractivity contribution in [1.82, 2.24) is 15.2 Å². The molecule has 0 aliphatic rings. The zero-order chi connectivity index (χ0) is 15.4. The molecular weight excluding hydrogens is 296 g/mol. The van der Waals surface area contributed by atoms with Gasteiger partial charge in [0.25, 0.3) is 0 Å². The molecule has 0 fully saturated rings. The van der Waals surface area contributed by atoms with E-state index in [9.17, 15) is 0 Å². The van der Waals surface area contributed by atoms with Crippen molar-refractivity contribution in [3.05, 3.63) is 59.6 Å². The Balaban J connectivity index is 2.13. The fourth-order valence-corrected chi connectivity index (χ4v) is 2.35. The third-order valence-electron chi connectivity index (χ3n) is 3.16. The maximum Gasteiger partial charge on any atom is 0.182 e. The second-order valence-electron chi connectivity index (χ2n) is 4.74. The van der Waals surface area contributed by atoms with Gasteiger partial charge in [-0.3, -0.25) is 0 Å². The number of halogens is 1. The van der Waals surface area contributed by atoms with Gasteiger partial charge in [0.2, 0.25) is 0 Å². The predicted octanol–water partition coefficient (Wildman–Crippen LogP) is 4.29. The summed E-state index contributed by atoms with van der Waals surface area (Å²) in [6.45, 7) is 2.75. The van der Waals surface area contributed by atoms with Crippen LogP contribution in [-0.4, -0.2) is 21.7 Å². The second kappa shape index (κ2) is 6.54. The minimum Gasteiger partial charge on any atom is -0.367 e. The Bertz CT molecular complexity index is 775. The molecule has 22 heavy (non-hydrogen) atoms. The van der Waals surface area contributed by atoms with E-state index in [-0.39, 0.29) is 0 Å². The van der Waals surface area contributed by atoms with Gasteiger partial charge >= 0.3 is 0 Å². The van der Waals surface area contributed by atoms with E-state index in [2.05, 4.69) is 20.5 Å². The normalized spacial score (nSPS) is 10.5. The molecule has 4 nitrogen and oxygen atoms in total. The molecule has 2 aromatic carbocycles. The summed E-state index contributed by atoms with van der Waals surface area (Å²) in [6, 6.07) is 17.4. The summed E-state index contributed by atoms with van der Waals surface area (Å²) in [7, 11) is 0. The van der Waals surface area contributed by atoms with Crippen LogP contribution in [0, 0.1) is 0 Å². The van der Waals surface area contributed by atoms with Gasteiger partial charge < -0.3 is 5.32 Å². The highest BCUT2D eigenvalue weighted by atomic mass is 35.5. The van der Waals surface area contributed by atoms with Gasteiger partial charge in [0.15, 0.2) is 11.6 Å². The highest BCUT2D eigenvalue weighted by molar-refractivity contribution is 6.30. The minimum atomic E-state index is 0.595. The molecule has 0 saturated carbocycles. The molecule has 0 aliphatic heterocycles. The van der Waals surface area contributed by atoms with E-state index in [0.717, 1.165) is 23.4 Å². The molecule has 0 unspecified atom stereocenters. The number of anilines is 1. The van der Waals surface area contributed by atoms with Crippen LogP contribution in [0.3, 0.4) is 0 Å². The molecule has 0 radical (unpaired) electrons. The van der Waals surface area contributed by atoms with Gasteiger partial charge in [-0.15, -0.1) is 10.2 Å². The third kappa shape index (κ3) is 3.07. The fraction of sp³-hybridized carbons (Fsp3) is 0.118. The third-order valence-corrected chi connectivity index (χ3v) is 3.40. The first kappa shape index (κ1) is 14.5. The lowest BCUT2D eigenvalue weighted by atomic mass is 10.1. The van der Waals surface area contributed by atoms with Crippen molar-refractivity contribution in [3.63, 3.8) is 0 Å². The first-order chi connectivity index (χ1) is 10.8. The van der Waals surface area contributed by atoms with Crippen LogP contribution in [0.5, 0.6) is 0 Å². The van der Waals surface area contributed by atoms with E-state index < -0.39 is 0 Å². The van der Waals surface area contributed by atoms with Crippen molar-refractivity contribution >= 4 is 17.4 Å². The highest BCUT2D eigenvalue weighted by Gasteiger charge is 2.12. The van der Waals surface area contributed by atoms with E-state index >= 15 is 0 Å². The molecule has 0 bridgehead atoms. The molecule has 1 aromatic heterocycles. The lowest BCUT2D eigenvalue weighted by Crippen LogP contribution is -2.06. The summed E-state index contributed by atoms with van der Waals surface area (Å²) in [5.41, 5.74) is 2.59. The molecule has 1 N–H and O–H groups in total. The first-order valence-corrected chi connectivity index (χ1v) is 7.45. The lowest BCUT2D eigenvalue weighted by Gasteiger charge is -2.10. The second-order valence-corrected chi connectivity index (χ2v) is 5.18. The molecule has 0 aliphatic carbocycles. The summed E-state index contributed by atoms with van der Waals surface area (Å²) >= 11 is 6.10. The Labute approximate surface area is 134 Å². The van der Waals surface area contributed by atoms with Crippen LogP contribution in [0.1, 0.15) is 6.92 Å². The van der Waals surface area contributed by atoms with E-state index in [1.807, 2.05) is 61.5 Å². The van der Waals surface area contributed by atoms with Crippen LogP contribution in [0.25, 0.3) is 22.6 Å². The number of aromatic nitrogens is 3. The van der Waals surface area contributed by atoms with Gasteiger partial charge in [0.1, 0.15) is 5.69 Å². The van der Waals surface area contributed by atoms with Crippen molar-refractivity contribution < 1.29 is 0 Å². The Morgan fingerprint density at radius 2 is 1.73 bits per heavy atom. The largest absolute Gasteiger partial charge is 0.367 e. The van der Waals surface area contributed by atoms with Crippen molar-refractivity contribution in [2.24, 2.45) is 0 Å². The molecule has 5 heteroatoms. The standard InChI is InChI=1S/C17H15ClN4/c1-2-19-17-15(13-9-6-10-14(18)11-13)20-16(21-22-17)12-7-4-3-5-8-12/h3-11H,2H2,1H3,(H,19,22).